The second-order valence-corrected chi connectivity index (χ2v) is 7.02. The first kappa shape index (κ1) is 15.5. The lowest BCUT2D eigenvalue weighted by molar-refractivity contribution is 0.102. The summed E-state index contributed by atoms with van der Waals surface area (Å²) in [5.74, 6) is -0.160. The van der Waals surface area contributed by atoms with E-state index >= 15 is 0 Å². The minimum Gasteiger partial charge on any atom is -0.319 e. The Hall–Kier alpha value is -2.99. The van der Waals surface area contributed by atoms with Crippen LogP contribution in [0.4, 0.5) is 5.69 Å². The molecule has 2 heterocycles. The van der Waals surface area contributed by atoms with Crippen LogP contribution in [0.5, 0.6) is 0 Å². The van der Waals surface area contributed by atoms with Crippen molar-refractivity contribution < 1.29 is 4.79 Å². The summed E-state index contributed by atoms with van der Waals surface area (Å²) in [4.78, 5) is 16.9. The number of carbonyl (C=O) groups excluding carboxylic acids is 1. The van der Waals surface area contributed by atoms with Crippen LogP contribution < -0.4 is 5.32 Å². The van der Waals surface area contributed by atoms with Gasteiger partial charge in [0, 0.05) is 11.8 Å². The summed E-state index contributed by atoms with van der Waals surface area (Å²) in [7, 11) is 0. The smallest absolute Gasteiger partial charge is 0.255 e. The summed E-state index contributed by atoms with van der Waals surface area (Å²) >= 11 is 1.62. The molecular weight excluding hydrogens is 332 g/mol. The average Bonchev–Trinajstić information content (AvgIpc) is 3.20. The predicted octanol–water partition coefficient (Wildman–Crippen LogP) is 4.10. The number of thiazole rings is 1. The zero-order chi connectivity index (χ0) is 17.2. The van der Waals surface area contributed by atoms with Gasteiger partial charge in [-0.15, -0.1) is 11.3 Å². The first-order valence-corrected chi connectivity index (χ1v) is 8.74. The van der Waals surface area contributed by atoms with Gasteiger partial charge in [-0.3, -0.25) is 9.48 Å². The molecule has 0 radical (unpaired) electrons. The summed E-state index contributed by atoms with van der Waals surface area (Å²) in [5, 5.41) is 8.19. The Morgan fingerprint density at radius 2 is 2.04 bits per heavy atom. The number of rotatable bonds is 4. The van der Waals surface area contributed by atoms with E-state index in [-0.39, 0.29) is 5.91 Å². The van der Waals surface area contributed by atoms with Gasteiger partial charge in [0.25, 0.3) is 5.91 Å². The molecular formula is C19H16N4OS. The second kappa shape index (κ2) is 6.49. The summed E-state index contributed by atoms with van der Waals surface area (Å²) in [6.45, 7) is 2.63. The lowest BCUT2D eigenvalue weighted by Crippen LogP contribution is -2.11. The van der Waals surface area contributed by atoms with Crippen LogP contribution in [0.15, 0.2) is 60.9 Å². The summed E-state index contributed by atoms with van der Waals surface area (Å²) in [6.07, 6.45) is 3.49. The molecule has 5 nitrogen and oxygen atoms in total. The third kappa shape index (κ3) is 3.44. The van der Waals surface area contributed by atoms with Gasteiger partial charge in [0.05, 0.1) is 33.7 Å². The van der Waals surface area contributed by atoms with Gasteiger partial charge in [0.15, 0.2) is 0 Å². The van der Waals surface area contributed by atoms with Crippen molar-refractivity contribution >= 4 is 33.1 Å². The van der Waals surface area contributed by atoms with Gasteiger partial charge < -0.3 is 5.32 Å². The Bertz CT molecular complexity index is 1040. The topological polar surface area (TPSA) is 59.8 Å². The van der Waals surface area contributed by atoms with Crippen LogP contribution in [0.1, 0.15) is 20.9 Å². The molecule has 124 valence electrons. The predicted molar refractivity (Wildman–Crippen MR) is 100 cm³/mol. The number of hydrogen-bond donors (Lipinski definition) is 1. The zero-order valence-corrected chi connectivity index (χ0v) is 14.5. The van der Waals surface area contributed by atoms with Crippen molar-refractivity contribution in [3.8, 4) is 0 Å². The number of aryl methyl sites for hydroxylation is 1. The highest BCUT2D eigenvalue weighted by molar-refractivity contribution is 7.18. The molecule has 0 unspecified atom stereocenters. The Labute approximate surface area is 149 Å². The first-order chi connectivity index (χ1) is 12.2. The molecule has 4 rings (SSSR count). The molecule has 25 heavy (non-hydrogen) atoms. The molecule has 0 aliphatic heterocycles. The van der Waals surface area contributed by atoms with Crippen LogP contribution in [-0.2, 0) is 6.54 Å². The van der Waals surface area contributed by atoms with Crippen molar-refractivity contribution in [2.75, 3.05) is 5.32 Å². The van der Waals surface area contributed by atoms with Crippen molar-refractivity contribution in [1.29, 1.82) is 0 Å². The van der Waals surface area contributed by atoms with Crippen molar-refractivity contribution in [3.05, 3.63) is 77.1 Å². The van der Waals surface area contributed by atoms with E-state index in [4.69, 9.17) is 0 Å². The summed E-state index contributed by atoms with van der Waals surface area (Å²) in [5.41, 5.74) is 3.28. The summed E-state index contributed by atoms with van der Waals surface area (Å²) in [6, 6.07) is 15.7. The van der Waals surface area contributed by atoms with Crippen LogP contribution in [-0.4, -0.2) is 20.7 Å². The van der Waals surface area contributed by atoms with Gasteiger partial charge in [-0.05, 0) is 30.7 Å². The van der Waals surface area contributed by atoms with E-state index in [0.717, 1.165) is 20.8 Å². The van der Waals surface area contributed by atoms with Crippen LogP contribution in [0.2, 0.25) is 0 Å². The Balaban J connectivity index is 1.48. The quantitative estimate of drug-likeness (QED) is 0.604. The number of hydrogen-bond acceptors (Lipinski definition) is 4. The molecule has 0 aliphatic carbocycles. The minimum absolute atomic E-state index is 0.160. The summed E-state index contributed by atoms with van der Waals surface area (Å²) < 4.78 is 2.89. The van der Waals surface area contributed by atoms with E-state index in [1.807, 2.05) is 61.7 Å². The van der Waals surface area contributed by atoms with Crippen molar-refractivity contribution in [2.45, 2.75) is 13.5 Å². The molecule has 0 aliphatic rings. The standard InChI is InChI=1S/C19H16N4OS/c1-13-21-17-9-15(7-8-18(17)25-13)19(24)22-16-10-20-23(12-16)11-14-5-3-2-4-6-14/h2-10,12H,11H2,1H3,(H,22,24). The third-order valence-corrected chi connectivity index (χ3v) is 4.79. The van der Waals surface area contributed by atoms with Gasteiger partial charge in [-0.1, -0.05) is 30.3 Å². The third-order valence-electron chi connectivity index (χ3n) is 3.84. The molecule has 4 aromatic rings. The molecule has 2 aromatic heterocycles. The SMILES string of the molecule is Cc1nc2cc(C(=O)Nc3cnn(Cc4ccccc4)c3)ccc2s1. The van der Waals surface area contributed by atoms with E-state index in [1.54, 1.807) is 22.2 Å². The Kier molecular flexibility index (Phi) is 4.03. The van der Waals surface area contributed by atoms with Crippen LogP contribution >= 0.6 is 11.3 Å². The maximum Gasteiger partial charge on any atom is 0.255 e. The van der Waals surface area contributed by atoms with E-state index < -0.39 is 0 Å². The van der Waals surface area contributed by atoms with Gasteiger partial charge in [0.1, 0.15) is 0 Å². The number of amides is 1. The monoisotopic (exact) mass is 348 g/mol. The fourth-order valence-corrected chi connectivity index (χ4v) is 3.48. The Morgan fingerprint density at radius 3 is 2.88 bits per heavy atom. The molecule has 0 atom stereocenters. The van der Waals surface area contributed by atoms with Crippen LogP contribution in [0, 0.1) is 6.92 Å². The highest BCUT2D eigenvalue weighted by atomic mass is 32.1. The van der Waals surface area contributed by atoms with E-state index in [1.165, 1.54) is 0 Å². The highest BCUT2D eigenvalue weighted by Crippen LogP contribution is 2.22. The van der Waals surface area contributed by atoms with E-state index in [0.29, 0.717) is 17.8 Å². The van der Waals surface area contributed by atoms with Crippen LogP contribution in [0.25, 0.3) is 10.2 Å². The molecule has 0 bridgehead atoms. The molecule has 1 N–H and O–H groups in total. The number of nitrogens with one attached hydrogen (secondary N) is 1. The van der Waals surface area contributed by atoms with E-state index in [2.05, 4.69) is 15.4 Å². The molecule has 6 heteroatoms. The maximum absolute atomic E-state index is 12.5. The molecule has 1 amide bonds. The Morgan fingerprint density at radius 1 is 1.20 bits per heavy atom. The lowest BCUT2D eigenvalue weighted by atomic mass is 10.2. The van der Waals surface area contributed by atoms with Crippen molar-refractivity contribution in [3.63, 3.8) is 0 Å². The van der Waals surface area contributed by atoms with Crippen LogP contribution in [0.3, 0.4) is 0 Å². The fourth-order valence-electron chi connectivity index (χ4n) is 2.67. The van der Waals surface area contributed by atoms with E-state index in [9.17, 15) is 4.79 Å². The molecule has 0 saturated carbocycles. The number of nitrogens with zero attached hydrogens (tertiary/aromatic N) is 3. The van der Waals surface area contributed by atoms with Crippen molar-refractivity contribution in [1.82, 2.24) is 14.8 Å². The van der Waals surface area contributed by atoms with Gasteiger partial charge in [0.2, 0.25) is 0 Å². The number of benzene rings is 2. The number of carbonyl (C=O) groups is 1. The molecule has 0 spiro atoms. The zero-order valence-electron chi connectivity index (χ0n) is 13.6. The molecule has 2 aromatic carbocycles. The molecule has 0 fully saturated rings. The van der Waals surface area contributed by atoms with Gasteiger partial charge >= 0.3 is 0 Å². The normalized spacial score (nSPS) is 10.9. The number of aromatic nitrogens is 3. The molecule has 0 saturated heterocycles. The number of fused-ring (bicyclic) bond motifs is 1. The number of anilines is 1. The average molecular weight is 348 g/mol. The maximum atomic E-state index is 12.5. The first-order valence-electron chi connectivity index (χ1n) is 7.92. The fraction of sp³-hybridized carbons (Fsp3) is 0.105. The largest absolute Gasteiger partial charge is 0.319 e. The minimum atomic E-state index is -0.160. The second-order valence-electron chi connectivity index (χ2n) is 5.78. The van der Waals surface area contributed by atoms with Crippen molar-refractivity contribution in [2.24, 2.45) is 0 Å². The lowest BCUT2D eigenvalue weighted by Gasteiger charge is -2.03. The van der Waals surface area contributed by atoms with Gasteiger partial charge in [-0.25, -0.2) is 4.98 Å². The highest BCUT2D eigenvalue weighted by Gasteiger charge is 2.10. The van der Waals surface area contributed by atoms with Gasteiger partial charge in [-0.2, -0.15) is 5.10 Å².